The van der Waals surface area contributed by atoms with Crippen LogP contribution < -0.4 is 10.6 Å². The van der Waals surface area contributed by atoms with Crippen molar-refractivity contribution < 1.29 is 4.79 Å². The third-order valence-corrected chi connectivity index (χ3v) is 3.95. The molecule has 1 aromatic heterocycles. The Morgan fingerprint density at radius 2 is 2.17 bits per heavy atom. The maximum Gasteiger partial charge on any atom is 0.226 e. The highest BCUT2D eigenvalue weighted by Gasteiger charge is 2.18. The molecule has 0 fully saturated rings. The van der Waals surface area contributed by atoms with Crippen molar-refractivity contribution in [2.24, 2.45) is 0 Å². The molecule has 5 heteroatoms. The molecule has 0 saturated heterocycles. The van der Waals surface area contributed by atoms with E-state index in [1.54, 1.807) is 11.3 Å². The Bertz CT molecular complexity index is 395. The molecule has 0 spiro atoms. The van der Waals surface area contributed by atoms with Gasteiger partial charge in [0.1, 0.15) is 0 Å². The molecule has 2 N–H and O–H groups in total. The summed E-state index contributed by atoms with van der Waals surface area (Å²) < 4.78 is 0. The summed E-state index contributed by atoms with van der Waals surface area (Å²) in [6.45, 7) is 9.06. The lowest BCUT2D eigenvalue weighted by atomic mass is 9.98. The van der Waals surface area contributed by atoms with E-state index < -0.39 is 0 Å². The highest BCUT2D eigenvalue weighted by atomic mass is 32.1. The summed E-state index contributed by atoms with van der Waals surface area (Å²) in [5.74, 6) is 0.0304. The number of likely N-dealkylation sites (N-methyl/N-ethyl adjacent to an activating group) is 1. The number of nitrogens with one attached hydrogen (secondary N) is 2. The van der Waals surface area contributed by atoms with Gasteiger partial charge in [0.2, 0.25) is 5.91 Å². The third kappa shape index (κ3) is 4.74. The number of amides is 1. The van der Waals surface area contributed by atoms with Gasteiger partial charge in [-0.25, -0.2) is 4.98 Å². The molecule has 4 nitrogen and oxygen atoms in total. The molecule has 1 rings (SSSR count). The van der Waals surface area contributed by atoms with Crippen molar-refractivity contribution in [3.8, 4) is 0 Å². The van der Waals surface area contributed by atoms with Crippen LogP contribution in [0.4, 0.5) is 0 Å². The van der Waals surface area contributed by atoms with E-state index in [9.17, 15) is 4.79 Å². The summed E-state index contributed by atoms with van der Waals surface area (Å²) >= 11 is 1.62. The summed E-state index contributed by atoms with van der Waals surface area (Å²) in [4.78, 5) is 16.2. The first-order valence-corrected chi connectivity index (χ1v) is 7.09. The molecule has 0 aromatic carbocycles. The lowest BCUT2D eigenvalue weighted by Crippen LogP contribution is -2.37. The minimum Gasteiger partial charge on any atom is -0.354 e. The van der Waals surface area contributed by atoms with E-state index in [0.717, 1.165) is 10.7 Å². The van der Waals surface area contributed by atoms with Crippen molar-refractivity contribution in [2.75, 3.05) is 13.6 Å². The van der Waals surface area contributed by atoms with Crippen LogP contribution in [0.3, 0.4) is 0 Å². The molecule has 0 radical (unpaired) electrons. The second-order valence-electron chi connectivity index (χ2n) is 5.56. The number of hydrogen-bond acceptors (Lipinski definition) is 4. The van der Waals surface area contributed by atoms with E-state index in [-0.39, 0.29) is 17.4 Å². The minimum atomic E-state index is 0.0304. The molecule has 1 unspecified atom stereocenters. The fraction of sp³-hybridized carbons (Fsp3) is 0.692. The van der Waals surface area contributed by atoms with E-state index in [1.807, 2.05) is 19.4 Å². The van der Waals surface area contributed by atoms with Gasteiger partial charge in [0.15, 0.2) is 0 Å². The van der Waals surface area contributed by atoms with E-state index in [0.29, 0.717) is 13.0 Å². The van der Waals surface area contributed by atoms with Gasteiger partial charge in [0, 0.05) is 23.4 Å². The summed E-state index contributed by atoms with van der Waals surface area (Å²) in [6.07, 6.45) is 0.364. The van der Waals surface area contributed by atoms with Gasteiger partial charge < -0.3 is 10.6 Å². The maximum absolute atomic E-state index is 11.7. The first-order chi connectivity index (χ1) is 8.32. The number of hydrogen-bond donors (Lipinski definition) is 2. The molecule has 1 amide bonds. The normalized spacial score (nSPS) is 13.4. The Labute approximate surface area is 113 Å². The molecule has 0 aliphatic heterocycles. The van der Waals surface area contributed by atoms with Crippen molar-refractivity contribution in [1.82, 2.24) is 15.6 Å². The van der Waals surface area contributed by atoms with Crippen LogP contribution in [0.5, 0.6) is 0 Å². The van der Waals surface area contributed by atoms with Crippen molar-refractivity contribution >= 4 is 17.2 Å². The number of thiazole rings is 1. The van der Waals surface area contributed by atoms with Crippen LogP contribution in [-0.4, -0.2) is 30.5 Å². The van der Waals surface area contributed by atoms with Crippen LogP contribution in [0.1, 0.15) is 38.4 Å². The molecule has 0 bridgehead atoms. The standard InChI is InChI=1S/C13H23N3OS/c1-9(14-5)7-15-11(17)6-10-8-18-12(16-10)13(2,3)4/h8-9,14H,6-7H2,1-5H3,(H,15,17). The van der Waals surface area contributed by atoms with Crippen LogP contribution in [-0.2, 0) is 16.6 Å². The molecule has 0 saturated carbocycles. The zero-order chi connectivity index (χ0) is 13.8. The van der Waals surface area contributed by atoms with Crippen LogP contribution in [0.15, 0.2) is 5.38 Å². The summed E-state index contributed by atoms with van der Waals surface area (Å²) in [7, 11) is 1.88. The molecule has 102 valence electrons. The third-order valence-electron chi connectivity index (χ3n) is 2.63. The number of aromatic nitrogens is 1. The van der Waals surface area contributed by atoms with E-state index in [4.69, 9.17) is 0 Å². The average molecular weight is 269 g/mol. The van der Waals surface area contributed by atoms with E-state index >= 15 is 0 Å². The molecule has 1 heterocycles. The second kappa shape index (κ2) is 6.29. The van der Waals surface area contributed by atoms with Crippen molar-refractivity contribution in [2.45, 2.75) is 45.6 Å². The zero-order valence-electron chi connectivity index (χ0n) is 11.8. The Morgan fingerprint density at radius 3 is 2.67 bits per heavy atom. The lowest BCUT2D eigenvalue weighted by Gasteiger charge is -2.13. The van der Waals surface area contributed by atoms with Gasteiger partial charge in [-0.15, -0.1) is 11.3 Å². The van der Waals surface area contributed by atoms with Crippen LogP contribution in [0.2, 0.25) is 0 Å². The van der Waals surface area contributed by atoms with E-state index in [2.05, 4.69) is 36.4 Å². The Kier molecular flexibility index (Phi) is 5.28. The maximum atomic E-state index is 11.7. The Hall–Kier alpha value is -0.940. The van der Waals surface area contributed by atoms with Gasteiger partial charge in [-0.1, -0.05) is 20.8 Å². The Balaban J connectivity index is 2.48. The first kappa shape index (κ1) is 15.1. The van der Waals surface area contributed by atoms with Gasteiger partial charge in [-0.05, 0) is 14.0 Å². The van der Waals surface area contributed by atoms with Crippen LogP contribution in [0.25, 0.3) is 0 Å². The number of carbonyl (C=O) groups is 1. The first-order valence-electron chi connectivity index (χ1n) is 6.21. The average Bonchev–Trinajstić information content (AvgIpc) is 2.74. The van der Waals surface area contributed by atoms with Crippen molar-refractivity contribution in [1.29, 1.82) is 0 Å². The van der Waals surface area contributed by atoms with Crippen LogP contribution >= 0.6 is 11.3 Å². The Morgan fingerprint density at radius 1 is 1.50 bits per heavy atom. The highest BCUT2D eigenvalue weighted by molar-refractivity contribution is 7.09. The minimum absolute atomic E-state index is 0.0304. The number of carbonyl (C=O) groups excluding carboxylic acids is 1. The largest absolute Gasteiger partial charge is 0.354 e. The van der Waals surface area contributed by atoms with Crippen molar-refractivity contribution in [3.05, 3.63) is 16.1 Å². The molecule has 0 aliphatic carbocycles. The lowest BCUT2D eigenvalue weighted by molar-refractivity contribution is -0.120. The fourth-order valence-electron chi connectivity index (χ4n) is 1.33. The topological polar surface area (TPSA) is 54.0 Å². The molecule has 18 heavy (non-hydrogen) atoms. The number of rotatable bonds is 5. The molecular weight excluding hydrogens is 246 g/mol. The smallest absolute Gasteiger partial charge is 0.226 e. The summed E-state index contributed by atoms with van der Waals surface area (Å²) in [6, 6.07) is 0.287. The second-order valence-corrected chi connectivity index (χ2v) is 6.42. The monoisotopic (exact) mass is 269 g/mol. The van der Waals surface area contributed by atoms with Crippen molar-refractivity contribution in [3.63, 3.8) is 0 Å². The van der Waals surface area contributed by atoms with Crippen LogP contribution in [0, 0.1) is 0 Å². The van der Waals surface area contributed by atoms with Gasteiger partial charge in [0.25, 0.3) is 0 Å². The van der Waals surface area contributed by atoms with E-state index in [1.165, 1.54) is 0 Å². The SMILES string of the molecule is CNC(C)CNC(=O)Cc1csc(C(C)(C)C)n1. The predicted octanol–water partition coefficient (Wildman–Crippen LogP) is 1.71. The molecule has 0 aliphatic rings. The highest BCUT2D eigenvalue weighted by Crippen LogP contribution is 2.25. The molecule has 1 atom stereocenters. The predicted molar refractivity (Wildman–Crippen MR) is 76.0 cm³/mol. The van der Waals surface area contributed by atoms with Gasteiger partial charge >= 0.3 is 0 Å². The van der Waals surface area contributed by atoms with Gasteiger partial charge in [-0.3, -0.25) is 4.79 Å². The van der Waals surface area contributed by atoms with Gasteiger partial charge in [0.05, 0.1) is 17.1 Å². The summed E-state index contributed by atoms with van der Waals surface area (Å²) in [5.41, 5.74) is 0.916. The zero-order valence-corrected chi connectivity index (χ0v) is 12.6. The quantitative estimate of drug-likeness (QED) is 0.855. The molecule has 1 aromatic rings. The molecular formula is C13H23N3OS. The summed E-state index contributed by atoms with van der Waals surface area (Å²) in [5, 5.41) is 9.02. The fourth-order valence-corrected chi connectivity index (χ4v) is 2.24. The van der Waals surface area contributed by atoms with Gasteiger partial charge in [-0.2, -0.15) is 0 Å². The number of nitrogens with zero attached hydrogens (tertiary/aromatic N) is 1.